The molecule has 1 aromatic carbocycles. The SMILES string of the molecule is CNCc1cccc(OCCN2CCN(C3CC3)CC2)c1. The number of ether oxygens (including phenoxy) is 1. The van der Waals surface area contributed by atoms with Gasteiger partial charge in [0.1, 0.15) is 12.4 Å². The zero-order valence-electron chi connectivity index (χ0n) is 13.1. The highest BCUT2D eigenvalue weighted by Gasteiger charge is 2.30. The Morgan fingerprint density at radius 1 is 1.19 bits per heavy atom. The molecule has 2 fully saturated rings. The molecule has 0 bridgehead atoms. The van der Waals surface area contributed by atoms with Gasteiger partial charge in [-0.2, -0.15) is 0 Å². The number of benzene rings is 1. The summed E-state index contributed by atoms with van der Waals surface area (Å²) in [5.74, 6) is 0.986. The van der Waals surface area contributed by atoms with E-state index >= 15 is 0 Å². The van der Waals surface area contributed by atoms with Crippen molar-refractivity contribution in [3.8, 4) is 5.75 Å². The lowest BCUT2D eigenvalue weighted by atomic mass is 10.2. The van der Waals surface area contributed by atoms with E-state index in [0.29, 0.717) is 0 Å². The second-order valence-electron chi connectivity index (χ2n) is 6.13. The van der Waals surface area contributed by atoms with Crippen LogP contribution in [0, 0.1) is 0 Å². The molecule has 2 aliphatic rings. The first-order chi connectivity index (χ1) is 10.3. The van der Waals surface area contributed by atoms with Crippen LogP contribution in [0.1, 0.15) is 18.4 Å². The van der Waals surface area contributed by atoms with E-state index < -0.39 is 0 Å². The van der Waals surface area contributed by atoms with Crippen molar-refractivity contribution in [1.29, 1.82) is 0 Å². The lowest BCUT2D eigenvalue weighted by Crippen LogP contribution is -2.48. The van der Waals surface area contributed by atoms with Crippen LogP contribution in [-0.2, 0) is 6.54 Å². The molecule has 1 N–H and O–H groups in total. The molecule has 116 valence electrons. The van der Waals surface area contributed by atoms with Crippen molar-refractivity contribution in [2.24, 2.45) is 0 Å². The largest absolute Gasteiger partial charge is 0.492 e. The van der Waals surface area contributed by atoms with Gasteiger partial charge in [0.25, 0.3) is 0 Å². The zero-order chi connectivity index (χ0) is 14.5. The Hall–Kier alpha value is -1.10. The topological polar surface area (TPSA) is 27.7 Å². The first kappa shape index (κ1) is 14.8. The molecule has 0 radical (unpaired) electrons. The molecule has 1 saturated carbocycles. The van der Waals surface area contributed by atoms with Crippen LogP contribution in [-0.4, -0.2) is 62.2 Å². The van der Waals surface area contributed by atoms with Gasteiger partial charge in [-0.05, 0) is 37.6 Å². The third-order valence-electron chi connectivity index (χ3n) is 4.43. The van der Waals surface area contributed by atoms with Crippen LogP contribution in [0.4, 0.5) is 0 Å². The van der Waals surface area contributed by atoms with Gasteiger partial charge >= 0.3 is 0 Å². The fourth-order valence-corrected chi connectivity index (χ4v) is 3.03. The zero-order valence-corrected chi connectivity index (χ0v) is 13.1. The van der Waals surface area contributed by atoms with Crippen molar-refractivity contribution < 1.29 is 4.74 Å². The van der Waals surface area contributed by atoms with Gasteiger partial charge in [-0.1, -0.05) is 12.1 Å². The van der Waals surface area contributed by atoms with E-state index in [9.17, 15) is 0 Å². The standard InChI is InChI=1S/C17H27N3O/c1-18-14-15-3-2-4-17(13-15)21-12-11-19-7-9-20(10-8-19)16-5-6-16/h2-4,13,16,18H,5-12,14H2,1H3. The molecule has 1 heterocycles. The molecule has 1 aliphatic carbocycles. The monoisotopic (exact) mass is 289 g/mol. The molecule has 1 aromatic rings. The summed E-state index contributed by atoms with van der Waals surface area (Å²) in [6.07, 6.45) is 2.85. The molecule has 1 aliphatic heterocycles. The molecule has 4 heteroatoms. The molecule has 0 atom stereocenters. The van der Waals surface area contributed by atoms with Crippen LogP contribution >= 0.6 is 0 Å². The molecule has 0 amide bonds. The van der Waals surface area contributed by atoms with Gasteiger partial charge in [0.2, 0.25) is 0 Å². The molecule has 3 rings (SSSR count). The Bertz CT molecular complexity index is 439. The molecule has 0 spiro atoms. The van der Waals surface area contributed by atoms with E-state index in [4.69, 9.17) is 4.74 Å². The molecule has 21 heavy (non-hydrogen) atoms. The normalized spacial score (nSPS) is 20.6. The lowest BCUT2D eigenvalue weighted by molar-refractivity contribution is 0.112. The van der Waals surface area contributed by atoms with E-state index in [1.807, 2.05) is 13.1 Å². The minimum atomic E-state index is 0.784. The smallest absolute Gasteiger partial charge is 0.119 e. The van der Waals surface area contributed by atoms with Crippen molar-refractivity contribution in [3.05, 3.63) is 29.8 Å². The van der Waals surface area contributed by atoms with Gasteiger partial charge in [-0.3, -0.25) is 9.80 Å². The Kier molecular flexibility index (Phi) is 5.12. The minimum Gasteiger partial charge on any atom is -0.492 e. The second kappa shape index (κ2) is 7.25. The van der Waals surface area contributed by atoms with Crippen molar-refractivity contribution in [3.63, 3.8) is 0 Å². The number of hydrogen-bond donors (Lipinski definition) is 1. The predicted octanol–water partition coefficient (Wildman–Crippen LogP) is 1.56. The minimum absolute atomic E-state index is 0.784. The van der Waals surface area contributed by atoms with Crippen LogP contribution in [0.2, 0.25) is 0 Å². The van der Waals surface area contributed by atoms with Gasteiger partial charge < -0.3 is 10.1 Å². The Morgan fingerprint density at radius 2 is 2.00 bits per heavy atom. The highest BCUT2D eigenvalue weighted by atomic mass is 16.5. The highest BCUT2D eigenvalue weighted by molar-refractivity contribution is 5.28. The third-order valence-corrected chi connectivity index (χ3v) is 4.43. The summed E-state index contributed by atoms with van der Waals surface area (Å²) in [7, 11) is 1.97. The molecule has 0 unspecified atom stereocenters. The molecular formula is C17H27N3O. The van der Waals surface area contributed by atoms with Crippen molar-refractivity contribution >= 4 is 0 Å². The number of piperazine rings is 1. The van der Waals surface area contributed by atoms with Gasteiger partial charge in [0, 0.05) is 45.3 Å². The molecule has 4 nitrogen and oxygen atoms in total. The first-order valence-corrected chi connectivity index (χ1v) is 8.18. The lowest BCUT2D eigenvalue weighted by Gasteiger charge is -2.34. The van der Waals surface area contributed by atoms with Gasteiger partial charge in [0.15, 0.2) is 0 Å². The van der Waals surface area contributed by atoms with Gasteiger partial charge in [-0.15, -0.1) is 0 Å². The summed E-state index contributed by atoms with van der Waals surface area (Å²) in [5.41, 5.74) is 1.27. The summed E-state index contributed by atoms with van der Waals surface area (Å²) >= 11 is 0. The van der Waals surface area contributed by atoms with E-state index in [-0.39, 0.29) is 0 Å². The molecule has 1 saturated heterocycles. The predicted molar refractivity (Wildman–Crippen MR) is 85.7 cm³/mol. The summed E-state index contributed by atoms with van der Waals surface area (Å²) in [6, 6.07) is 9.28. The van der Waals surface area contributed by atoms with E-state index in [1.54, 1.807) is 0 Å². The van der Waals surface area contributed by atoms with Crippen LogP contribution in [0.5, 0.6) is 5.75 Å². The Balaban J connectivity index is 1.37. The maximum absolute atomic E-state index is 5.90. The number of nitrogens with zero attached hydrogens (tertiary/aromatic N) is 2. The highest BCUT2D eigenvalue weighted by Crippen LogP contribution is 2.27. The first-order valence-electron chi connectivity index (χ1n) is 8.18. The number of rotatable bonds is 7. The summed E-state index contributed by atoms with van der Waals surface area (Å²) < 4.78 is 5.90. The van der Waals surface area contributed by atoms with Crippen LogP contribution in [0.15, 0.2) is 24.3 Å². The second-order valence-corrected chi connectivity index (χ2v) is 6.13. The Labute approximate surface area is 128 Å². The molecular weight excluding hydrogens is 262 g/mol. The third kappa shape index (κ3) is 4.43. The van der Waals surface area contributed by atoms with Crippen molar-refractivity contribution in [2.75, 3.05) is 46.4 Å². The van der Waals surface area contributed by atoms with Crippen molar-refractivity contribution in [1.82, 2.24) is 15.1 Å². The van der Waals surface area contributed by atoms with E-state index in [1.165, 1.54) is 44.6 Å². The van der Waals surface area contributed by atoms with E-state index in [2.05, 4.69) is 33.3 Å². The maximum atomic E-state index is 5.90. The van der Waals surface area contributed by atoms with Crippen molar-refractivity contribution in [2.45, 2.75) is 25.4 Å². The van der Waals surface area contributed by atoms with Gasteiger partial charge in [0.05, 0.1) is 0 Å². The van der Waals surface area contributed by atoms with Crippen LogP contribution < -0.4 is 10.1 Å². The van der Waals surface area contributed by atoms with Crippen LogP contribution in [0.3, 0.4) is 0 Å². The summed E-state index contributed by atoms with van der Waals surface area (Å²) in [6.45, 7) is 7.57. The Morgan fingerprint density at radius 3 is 2.71 bits per heavy atom. The quantitative estimate of drug-likeness (QED) is 0.824. The van der Waals surface area contributed by atoms with Gasteiger partial charge in [-0.25, -0.2) is 0 Å². The summed E-state index contributed by atoms with van der Waals surface area (Å²) in [5, 5.41) is 3.17. The summed E-state index contributed by atoms with van der Waals surface area (Å²) in [4.78, 5) is 5.18. The average molecular weight is 289 g/mol. The number of hydrogen-bond acceptors (Lipinski definition) is 4. The van der Waals surface area contributed by atoms with E-state index in [0.717, 1.165) is 31.5 Å². The average Bonchev–Trinajstić information content (AvgIpc) is 3.34. The fraction of sp³-hybridized carbons (Fsp3) is 0.647. The fourth-order valence-electron chi connectivity index (χ4n) is 3.03. The van der Waals surface area contributed by atoms with Crippen LogP contribution in [0.25, 0.3) is 0 Å². The number of nitrogens with one attached hydrogen (secondary N) is 1. The maximum Gasteiger partial charge on any atom is 0.119 e. The molecule has 0 aromatic heterocycles.